The first-order valence-electron chi connectivity index (χ1n) is 7.54. The molecule has 2 aliphatic rings. The maximum absolute atomic E-state index is 12.8. The Hall–Kier alpha value is -1.54. The van der Waals surface area contributed by atoms with Crippen molar-refractivity contribution >= 4 is 67.7 Å². The highest BCUT2D eigenvalue weighted by molar-refractivity contribution is 9.10. The molecule has 2 heterocycles. The summed E-state index contributed by atoms with van der Waals surface area (Å²) in [5.74, 6) is -0.244. The lowest BCUT2D eigenvalue weighted by molar-refractivity contribution is -0.116. The number of benzene rings is 2. The Morgan fingerprint density at radius 3 is 2.65 bits per heavy atom. The molecule has 26 heavy (non-hydrogen) atoms. The van der Waals surface area contributed by atoms with Crippen LogP contribution in [0.2, 0.25) is 10.0 Å². The molecule has 1 amide bonds. The average Bonchev–Trinajstić information content (AvgIpc) is 2.61. The number of nitrogens with zero attached hydrogens (tertiary/aromatic N) is 3. The van der Waals surface area contributed by atoms with Gasteiger partial charge in [0.25, 0.3) is 5.91 Å². The normalized spacial score (nSPS) is 18.5. The molecular weight excluding hydrogens is 459 g/mol. The van der Waals surface area contributed by atoms with E-state index in [-0.39, 0.29) is 5.91 Å². The Morgan fingerprint density at radius 1 is 1.23 bits per heavy atom. The lowest BCUT2D eigenvalue weighted by atomic mass is 10.1. The lowest BCUT2D eigenvalue weighted by Gasteiger charge is -2.34. The summed E-state index contributed by atoms with van der Waals surface area (Å²) in [7, 11) is 0. The maximum atomic E-state index is 12.8. The van der Waals surface area contributed by atoms with Crippen LogP contribution in [0.15, 0.2) is 51.0 Å². The van der Waals surface area contributed by atoms with Gasteiger partial charge in [0.1, 0.15) is 5.70 Å². The minimum Gasteiger partial charge on any atom is -0.298 e. The number of carbonyl (C=O) groups is 1. The monoisotopic (exact) mass is 468 g/mol. The molecule has 0 saturated heterocycles. The van der Waals surface area contributed by atoms with Crippen LogP contribution < -0.4 is 15.9 Å². The number of amidine groups is 1. The lowest BCUT2D eigenvalue weighted by Crippen LogP contribution is -2.50. The number of carbonyl (C=O) groups excluding carboxylic acids is 1. The van der Waals surface area contributed by atoms with E-state index in [0.717, 1.165) is 4.47 Å². The number of hydrogen-bond donors (Lipinski definition) is 1. The van der Waals surface area contributed by atoms with E-state index in [9.17, 15) is 4.79 Å². The number of amides is 1. The Balaban J connectivity index is 2.06. The first-order valence-corrected chi connectivity index (χ1v) is 10.3. The molecule has 0 saturated carbocycles. The number of fused-ring (bicyclic) bond motifs is 2. The molecular formula is C17H11BrCl2N4OS. The zero-order chi connectivity index (χ0) is 18.4. The maximum Gasteiger partial charge on any atom is 0.276 e. The Kier molecular flexibility index (Phi) is 4.73. The summed E-state index contributed by atoms with van der Waals surface area (Å²) in [6.07, 6.45) is 1.21. The van der Waals surface area contributed by atoms with E-state index in [4.69, 9.17) is 28.2 Å². The fraction of sp³-hybridized carbons (Fsp3) is 0.118. The minimum atomic E-state index is -0.631. The number of hydrazone groups is 1. The van der Waals surface area contributed by atoms with Gasteiger partial charge in [-0.3, -0.25) is 15.1 Å². The molecule has 0 fully saturated rings. The number of nitrogens with one attached hydrogen (secondary N) is 1. The van der Waals surface area contributed by atoms with Gasteiger partial charge in [0.15, 0.2) is 11.3 Å². The summed E-state index contributed by atoms with van der Waals surface area (Å²) < 4.78 is 0.848. The van der Waals surface area contributed by atoms with Crippen molar-refractivity contribution in [2.45, 2.75) is 6.17 Å². The molecule has 9 heteroatoms. The van der Waals surface area contributed by atoms with Crippen LogP contribution in [0.3, 0.4) is 0 Å². The third-order valence-corrected chi connectivity index (χ3v) is 5.74. The van der Waals surface area contributed by atoms with Crippen molar-refractivity contribution in [2.75, 3.05) is 6.26 Å². The molecule has 1 N–H and O–H groups in total. The standard InChI is InChI=1S/C17H11BrCl2N4OS/c1-26-17-22-16(25)14-9-7-8(18)5-6-12(9)21-15(24(14)23-17)13-10(19)3-2-4-11(13)20/h2-7,15H,1H3,(H,22,23,25)/t15-/m0/s1. The highest BCUT2D eigenvalue weighted by atomic mass is 79.9. The van der Waals surface area contributed by atoms with Gasteiger partial charge >= 0.3 is 0 Å². The molecule has 2 aromatic rings. The average molecular weight is 470 g/mol. The van der Waals surface area contributed by atoms with Crippen molar-refractivity contribution in [1.82, 2.24) is 10.3 Å². The second-order valence-electron chi connectivity index (χ2n) is 5.56. The molecule has 0 aliphatic carbocycles. The number of rotatable bonds is 1. The quantitative estimate of drug-likeness (QED) is 0.697. The summed E-state index contributed by atoms with van der Waals surface area (Å²) in [6, 6.07) is 10.8. The van der Waals surface area contributed by atoms with Crippen molar-refractivity contribution < 1.29 is 4.79 Å². The molecule has 4 rings (SSSR count). The Labute approximate surface area is 171 Å². The number of halogens is 3. The molecule has 0 bridgehead atoms. The van der Waals surface area contributed by atoms with E-state index in [1.165, 1.54) is 11.8 Å². The molecule has 2 aromatic carbocycles. The summed E-state index contributed by atoms with van der Waals surface area (Å²) in [4.78, 5) is 17.6. The topological polar surface area (TPSA) is 57.1 Å². The molecule has 0 unspecified atom stereocenters. The van der Waals surface area contributed by atoms with E-state index >= 15 is 0 Å². The minimum absolute atomic E-state index is 0.244. The zero-order valence-electron chi connectivity index (χ0n) is 13.3. The largest absolute Gasteiger partial charge is 0.298 e. The number of thioether (sulfide) groups is 1. The molecule has 0 spiro atoms. The van der Waals surface area contributed by atoms with Crippen LogP contribution >= 0.6 is 50.9 Å². The summed E-state index contributed by atoms with van der Waals surface area (Å²) in [5, 5.41) is 11.7. The van der Waals surface area contributed by atoms with E-state index in [2.05, 4.69) is 26.3 Å². The third-order valence-electron chi connectivity index (χ3n) is 4.02. The predicted octanol–water partition coefficient (Wildman–Crippen LogP) is 3.26. The van der Waals surface area contributed by atoms with Gasteiger partial charge in [0.05, 0.1) is 5.36 Å². The van der Waals surface area contributed by atoms with Gasteiger partial charge in [-0.15, -0.1) is 5.10 Å². The number of hydrogen-bond acceptors (Lipinski definition) is 5. The highest BCUT2D eigenvalue weighted by Gasteiger charge is 2.36. The van der Waals surface area contributed by atoms with Crippen LogP contribution in [0.5, 0.6) is 0 Å². The van der Waals surface area contributed by atoms with Gasteiger partial charge in [0.2, 0.25) is 0 Å². The fourth-order valence-corrected chi connectivity index (χ4v) is 4.21. The van der Waals surface area contributed by atoms with Crippen molar-refractivity contribution in [3.63, 3.8) is 0 Å². The zero-order valence-corrected chi connectivity index (χ0v) is 17.2. The van der Waals surface area contributed by atoms with Gasteiger partial charge in [-0.25, -0.2) is 5.01 Å². The van der Waals surface area contributed by atoms with Crippen LogP contribution in [0, 0.1) is 0 Å². The third kappa shape index (κ3) is 2.93. The molecule has 132 valence electrons. The van der Waals surface area contributed by atoms with Crippen LogP contribution in [-0.4, -0.2) is 22.3 Å². The van der Waals surface area contributed by atoms with Crippen LogP contribution in [0.1, 0.15) is 11.7 Å². The summed E-state index contributed by atoms with van der Waals surface area (Å²) >= 11 is 17.6. The highest BCUT2D eigenvalue weighted by Crippen LogP contribution is 2.38. The fourth-order valence-electron chi connectivity index (χ4n) is 2.89. The smallest absolute Gasteiger partial charge is 0.276 e. The second-order valence-corrected chi connectivity index (χ2v) is 8.08. The molecule has 2 aliphatic heterocycles. The predicted molar refractivity (Wildman–Crippen MR) is 108 cm³/mol. The van der Waals surface area contributed by atoms with Gasteiger partial charge in [-0.1, -0.05) is 57.0 Å². The second kappa shape index (κ2) is 6.88. The van der Waals surface area contributed by atoms with Gasteiger partial charge in [0, 0.05) is 25.3 Å². The van der Waals surface area contributed by atoms with Crippen LogP contribution in [-0.2, 0) is 4.79 Å². The first kappa shape index (κ1) is 17.9. The first-order chi connectivity index (χ1) is 12.5. The van der Waals surface area contributed by atoms with Crippen LogP contribution in [0.25, 0.3) is 5.70 Å². The van der Waals surface area contributed by atoms with Crippen molar-refractivity contribution in [3.05, 3.63) is 67.1 Å². The van der Waals surface area contributed by atoms with Crippen molar-refractivity contribution in [2.24, 2.45) is 10.1 Å². The van der Waals surface area contributed by atoms with E-state index < -0.39 is 6.17 Å². The van der Waals surface area contributed by atoms with Gasteiger partial charge in [-0.2, -0.15) is 0 Å². The molecule has 1 atom stereocenters. The summed E-state index contributed by atoms with van der Waals surface area (Å²) in [5.41, 5.74) is 1.02. The Bertz CT molecular complexity index is 1070. The van der Waals surface area contributed by atoms with Crippen LogP contribution in [0.4, 0.5) is 0 Å². The SMILES string of the molecule is CSC1=NN2C(=c3cc(Br)ccc3=N[C@@H]2c2c(Cl)cccc2Cl)C(=O)N1. The van der Waals surface area contributed by atoms with E-state index in [1.807, 2.05) is 24.5 Å². The van der Waals surface area contributed by atoms with Gasteiger partial charge < -0.3 is 0 Å². The molecule has 0 radical (unpaired) electrons. The Morgan fingerprint density at radius 2 is 1.96 bits per heavy atom. The molecule has 0 aromatic heterocycles. The van der Waals surface area contributed by atoms with Crippen molar-refractivity contribution in [1.29, 1.82) is 0 Å². The summed E-state index contributed by atoms with van der Waals surface area (Å²) in [6.45, 7) is 0. The van der Waals surface area contributed by atoms with Crippen molar-refractivity contribution in [3.8, 4) is 0 Å². The van der Waals surface area contributed by atoms with E-state index in [0.29, 0.717) is 37.0 Å². The van der Waals surface area contributed by atoms with E-state index in [1.54, 1.807) is 23.2 Å². The van der Waals surface area contributed by atoms with Gasteiger partial charge in [-0.05, 0) is 36.6 Å². The molecule has 5 nitrogen and oxygen atoms in total.